The minimum atomic E-state index is -1.03. The van der Waals surface area contributed by atoms with Gasteiger partial charge < -0.3 is 15.2 Å². The van der Waals surface area contributed by atoms with Crippen molar-refractivity contribution >= 4 is 28.4 Å². The van der Waals surface area contributed by atoms with Crippen molar-refractivity contribution in [3.8, 4) is 0 Å². The van der Waals surface area contributed by atoms with E-state index in [9.17, 15) is 9.59 Å². The fourth-order valence-electron chi connectivity index (χ4n) is 0.815. The summed E-state index contributed by atoms with van der Waals surface area (Å²) < 4.78 is 4.68. The molecule has 7 heteroatoms. The highest BCUT2D eigenvalue weighted by Crippen LogP contribution is 2.17. The Morgan fingerprint density at radius 3 is 2.93 bits per heavy atom. The predicted molar refractivity (Wildman–Crippen MR) is 54.2 cm³/mol. The number of ether oxygens (including phenoxy) is 1. The van der Waals surface area contributed by atoms with Gasteiger partial charge in [0.25, 0.3) is 0 Å². The fourth-order valence-corrected chi connectivity index (χ4v) is 1.47. The zero-order valence-electron chi connectivity index (χ0n) is 8.02. The number of rotatable bonds is 5. The molecule has 0 spiro atoms. The Morgan fingerprint density at radius 2 is 2.40 bits per heavy atom. The molecule has 1 heterocycles. The van der Waals surface area contributed by atoms with Crippen LogP contribution in [0, 0.1) is 0 Å². The smallest absolute Gasteiger partial charge is 0.347 e. The molecule has 1 aromatic rings. The van der Waals surface area contributed by atoms with E-state index in [1.54, 1.807) is 6.92 Å². The second-order valence-corrected chi connectivity index (χ2v) is 3.52. The Kier molecular flexibility index (Phi) is 4.04. The lowest BCUT2D eigenvalue weighted by molar-refractivity contribution is -0.140. The highest BCUT2D eigenvalue weighted by atomic mass is 32.1. The van der Waals surface area contributed by atoms with Gasteiger partial charge in [0.1, 0.15) is 11.4 Å². The number of carbonyl (C=O) groups excluding carboxylic acids is 1. The first-order valence-electron chi connectivity index (χ1n) is 4.22. The predicted octanol–water partition coefficient (Wildman–Crippen LogP) is 0.816. The van der Waals surface area contributed by atoms with E-state index in [-0.39, 0.29) is 11.4 Å². The first kappa shape index (κ1) is 11.4. The maximum atomic E-state index is 10.9. The van der Waals surface area contributed by atoms with E-state index in [1.807, 2.05) is 0 Å². The van der Waals surface area contributed by atoms with E-state index in [1.165, 1.54) is 6.20 Å². The van der Waals surface area contributed by atoms with Gasteiger partial charge in [-0.05, 0) is 6.92 Å². The first-order chi connectivity index (χ1) is 7.13. The monoisotopic (exact) mass is 230 g/mol. The van der Waals surface area contributed by atoms with Gasteiger partial charge in [-0.2, -0.15) is 0 Å². The molecule has 15 heavy (non-hydrogen) atoms. The van der Waals surface area contributed by atoms with E-state index in [0.717, 1.165) is 11.3 Å². The van der Waals surface area contributed by atoms with Gasteiger partial charge in [0.15, 0.2) is 5.13 Å². The lowest BCUT2D eigenvalue weighted by atomic mass is 10.6. The van der Waals surface area contributed by atoms with Gasteiger partial charge in [-0.1, -0.05) is 11.3 Å². The van der Waals surface area contributed by atoms with E-state index in [2.05, 4.69) is 15.0 Å². The summed E-state index contributed by atoms with van der Waals surface area (Å²) in [6.45, 7) is 2.02. The molecule has 0 fully saturated rings. The molecule has 0 bridgehead atoms. The molecule has 1 rings (SSSR count). The molecule has 0 aromatic carbocycles. The molecule has 0 radical (unpaired) electrons. The lowest BCUT2D eigenvalue weighted by Gasteiger charge is -2.01. The number of nitrogens with one attached hydrogen (secondary N) is 1. The van der Waals surface area contributed by atoms with Gasteiger partial charge in [0.2, 0.25) is 0 Å². The molecule has 0 atom stereocenters. The van der Waals surface area contributed by atoms with Gasteiger partial charge in [-0.3, -0.25) is 4.79 Å². The summed E-state index contributed by atoms with van der Waals surface area (Å²) in [4.78, 5) is 25.4. The number of thiazole rings is 1. The van der Waals surface area contributed by atoms with Gasteiger partial charge >= 0.3 is 11.9 Å². The van der Waals surface area contributed by atoms with Crippen molar-refractivity contribution < 1.29 is 19.4 Å². The minimum absolute atomic E-state index is 0.0135. The quantitative estimate of drug-likeness (QED) is 0.728. The second-order valence-electron chi connectivity index (χ2n) is 2.49. The molecule has 0 aliphatic heterocycles. The maximum absolute atomic E-state index is 10.9. The molecular formula is C8H10N2O4S. The normalized spacial score (nSPS) is 9.67. The summed E-state index contributed by atoms with van der Waals surface area (Å²) in [6, 6.07) is 0. The Morgan fingerprint density at radius 1 is 1.67 bits per heavy atom. The standard InChI is InChI=1S/C8H10N2O4S/c1-2-14-6(11)4-10-8-9-3-5(15-8)7(12)13/h3H,2,4H2,1H3,(H,9,10)(H,12,13). The number of aromatic carboxylic acids is 1. The summed E-state index contributed by atoms with van der Waals surface area (Å²) in [7, 11) is 0. The maximum Gasteiger partial charge on any atom is 0.347 e. The first-order valence-corrected chi connectivity index (χ1v) is 5.03. The van der Waals surface area contributed by atoms with E-state index >= 15 is 0 Å². The molecular weight excluding hydrogens is 220 g/mol. The van der Waals surface area contributed by atoms with Crippen molar-refractivity contribution in [3.63, 3.8) is 0 Å². The third-order valence-corrected chi connectivity index (χ3v) is 2.35. The molecule has 2 N–H and O–H groups in total. The van der Waals surface area contributed by atoms with Crippen LogP contribution in [0.25, 0.3) is 0 Å². The number of hydrogen-bond donors (Lipinski definition) is 2. The van der Waals surface area contributed by atoms with Gasteiger partial charge in [0, 0.05) is 0 Å². The molecule has 6 nitrogen and oxygen atoms in total. The van der Waals surface area contributed by atoms with E-state index < -0.39 is 11.9 Å². The Balaban J connectivity index is 2.44. The summed E-state index contributed by atoms with van der Waals surface area (Å²) in [5, 5.41) is 11.7. The van der Waals surface area contributed by atoms with Crippen LogP contribution >= 0.6 is 11.3 Å². The average molecular weight is 230 g/mol. The van der Waals surface area contributed by atoms with Crippen LogP contribution in [0.1, 0.15) is 16.6 Å². The van der Waals surface area contributed by atoms with E-state index in [0.29, 0.717) is 11.7 Å². The zero-order valence-corrected chi connectivity index (χ0v) is 8.84. The largest absolute Gasteiger partial charge is 0.477 e. The topological polar surface area (TPSA) is 88.5 Å². The zero-order chi connectivity index (χ0) is 11.3. The lowest BCUT2D eigenvalue weighted by Crippen LogP contribution is -2.16. The fraction of sp³-hybridized carbons (Fsp3) is 0.375. The van der Waals surface area contributed by atoms with Crippen molar-refractivity contribution in [3.05, 3.63) is 11.1 Å². The molecule has 1 aromatic heterocycles. The number of esters is 1. The summed E-state index contributed by atoms with van der Waals surface area (Å²) in [5.74, 6) is -1.43. The van der Waals surface area contributed by atoms with Crippen LogP contribution in [0.15, 0.2) is 6.20 Å². The Hall–Kier alpha value is -1.63. The Labute approximate surface area is 89.9 Å². The molecule has 0 aliphatic rings. The van der Waals surface area contributed by atoms with Gasteiger partial charge in [-0.25, -0.2) is 9.78 Å². The van der Waals surface area contributed by atoms with Crippen LogP contribution < -0.4 is 5.32 Å². The highest BCUT2D eigenvalue weighted by Gasteiger charge is 2.09. The molecule has 82 valence electrons. The molecule has 0 saturated heterocycles. The number of carboxylic acids is 1. The van der Waals surface area contributed by atoms with Crippen molar-refractivity contribution in [1.82, 2.24) is 4.98 Å². The van der Waals surface area contributed by atoms with Gasteiger partial charge in [-0.15, -0.1) is 0 Å². The molecule has 0 aliphatic carbocycles. The van der Waals surface area contributed by atoms with Crippen LogP contribution in [-0.4, -0.2) is 35.2 Å². The van der Waals surface area contributed by atoms with Crippen LogP contribution in [0.5, 0.6) is 0 Å². The second kappa shape index (κ2) is 5.30. The SMILES string of the molecule is CCOC(=O)CNc1ncc(C(=O)O)s1. The summed E-state index contributed by atoms with van der Waals surface area (Å²) in [6.07, 6.45) is 1.24. The minimum Gasteiger partial charge on any atom is -0.477 e. The molecule has 0 saturated carbocycles. The van der Waals surface area contributed by atoms with Crippen LogP contribution in [0.4, 0.5) is 5.13 Å². The molecule has 0 unspecified atom stereocenters. The number of carboxylic acid groups (broad SMARTS) is 1. The summed E-state index contributed by atoms with van der Waals surface area (Å²) in [5.41, 5.74) is 0. The third kappa shape index (κ3) is 3.55. The molecule has 0 amide bonds. The number of anilines is 1. The van der Waals surface area contributed by atoms with Crippen molar-refractivity contribution in [2.24, 2.45) is 0 Å². The van der Waals surface area contributed by atoms with E-state index in [4.69, 9.17) is 5.11 Å². The van der Waals surface area contributed by atoms with Crippen molar-refractivity contribution in [1.29, 1.82) is 0 Å². The van der Waals surface area contributed by atoms with Gasteiger partial charge in [0.05, 0.1) is 12.8 Å². The van der Waals surface area contributed by atoms with Crippen molar-refractivity contribution in [2.45, 2.75) is 6.92 Å². The highest BCUT2D eigenvalue weighted by molar-refractivity contribution is 7.17. The van der Waals surface area contributed by atoms with Crippen molar-refractivity contribution in [2.75, 3.05) is 18.5 Å². The van der Waals surface area contributed by atoms with Crippen LogP contribution in [0.3, 0.4) is 0 Å². The number of aromatic nitrogens is 1. The average Bonchev–Trinajstić information content (AvgIpc) is 2.63. The summed E-state index contributed by atoms with van der Waals surface area (Å²) >= 11 is 0.972. The third-order valence-electron chi connectivity index (χ3n) is 1.41. The van der Waals surface area contributed by atoms with Crippen LogP contribution in [0.2, 0.25) is 0 Å². The number of nitrogens with zero attached hydrogens (tertiary/aromatic N) is 1. The Bertz CT molecular complexity index is 363. The number of hydrogen-bond acceptors (Lipinski definition) is 6. The number of carbonyl (C=O) groups is 2. The van der Waals surface area contributed by atoms with Crippen LogP contribution in [-0.2, 0) is 9.53 Å².